The molecule has 0 atom stereocenters. The average molecular weight is 297 g/mol. The average Bonchev–Trinajstić information content (AvgIpc) is 2.38. The summed E-state index contributed by atoms with van der Waals surface area (Å²) < 4.78 is 24.5. The van der Waals surface area contributed by atoms with Crippen LogP contribution in [0.4, 0.5) is 0 Å². The topological polar surface area (TPSA) is 60.2 Å². The lowest BCUT2D eigenvalue weighted by molar-refractivity contribution is 0.344. The van der Waals surface area contributed by atoms with Gasteiger partial charge in [-0.1, -0.05) is 39.8 Å². The zero-order chi connectivity index (χ0) is 15.4. The van der Waals surface area contributed by atoms with E-state index < -0.39 is 9.84 Å². The van der Waals surface area contributed by atoms with E-state index in [0.29, 0.717) is 23.8 Å². The Morgan fingerprint density at radius 2 is 1.70 bits per heavy atom. The van der Waals surface area contributed by atoms with Crippen molar-refractivity contribution in [3.8, 4) is 0 Å². The molecular formula is C16H27NO2S. The zero-order valence-corrected chi connectivity index (χ0v) is 13.8. The van der Waals surface area contributed by atoms with E-state index >= 15 is 0 Å². The van der Waals surface area contributed by atoms with Gasteiger partial charge < -0.3 is 5.73 Å². The lowest BCUT2D eigenvalue weighted by atomic mass is 9.88. The summed E-state index contributed by atoms with van der Waals surface area (Å²) >= 11 is 0. The van der Waals surface area contributed by atoms with E-state index in [0.717, 1.165) is 12.0 Å². The van der Waals surface area contributed by atoms with E-state index in [1.54, 1.807) is 12.1 Å². The van der Waals surface area contributed by atoms with Gasteiger partial charge in [0.05, 0.1) is 10.6 Å². The third-order valence-corrected chi connectivity index (χ3v) is 5.54. The lowest BCUT2D eigenvalue weighted by Crippen LogP contribution is -2.24. The number of benzene rings is 1. The van der Waals surface area contributed by atoms with Gasteiger partial charge in [0.1, 0.15) is 0 Å². The van der Waals surface area contributed by atoms with Gasteiger partial charge in [-0.2, -0.15) is 0 Å². The maximum atomic E-state index is 12.3. The highest BCUT2D eigenvalue weighted by Gasteiger charge is 2.19. The Hall–Kier alpha value is -0.870. The molecule has 0 saturated heterocycles. The Morgan fingerprint density at radius 1 is 1.15 bits per heavy atom. The molecule has 0 fully saturated rings. The maximum absolute atomic E-state index is 12.3. The number of sulfone groups is 1. The molecule has 0 amide bonds. The standard InChI is InChI=1S/C16H27NO2S/c1-13(2)14-6-8-15(9-7-14)20(18,19)11-5-10-16(3,4)12-17/h6-9,13H,5,10-12,17H2,1-4H3. The highest BCUT2D eigenvalue weighted by Crippen LogP contribution is 2.23. The van der Waals surface area contributed by atoms with Crippen molar-refractivity contribution >= 4 is 9.84 Å². The zero-order valence-electron chi connectivity index (χ0n) is 13.0. The summed E-state index contributed by atoms with van der Waals surface area (Å²) in [4.78, 5) is 0.424. The third kappa shape index (κ3) is 4.91. The first kappa shape index (κ1) is 17.2. The van der Waals surface area contributed by atoms with E-state index in [2.05, 4.69) is 27.7 Å². The summed E-state index contributed by atoms with van der Waals surface area (Å²) in [7, 11) is -3.17. The molecule has 0 spiro atoms. The highest BCUT2D eigenvalue weighted by molar-refractivity contribution is 7.91. The SMILES string of the molecule is CC(C)c1ccc(S(=O)(=O)CCCC(C)(C)CN)cc1. The van der Waals surface area contributed by atoms with Crippen LogP contribution >= 0.6 is 0 Å². The molecule has 0 heterocycles. The van der Waals surface area contributed by atoms with Gasteiger partial charge in [-0.3, -0.25) is 0 Å². The summed E-state index contributed by atoms with van der Waals surface area (Å²) in [6.45, 7) is 8.90. The Morgan fingerprint density at radius 3 is 2.15 bits per heavy atom. The molecule has 0 aliphatic carbocycles. The molecule has 1 aromatic carbocycles. The first-order chi connectivity index (χ1) is 9.18. The van der Waals surface area contributed by atoms with Gasteiger partial charge >= 0.3 is 0 Å². The van der Waals surface area contributed by atoms with Gasteiger partial charge in [-0.25, -0.2) is 8.42 Å². The van der Waals surface area contributed by atoms with Crippen LogP contribution in [0, 0.1) is 5.41 Å². The fraction of sp³-hybridized carbons (Fsp3) is 0.625. The normalized spacial score (nSPS) is 12.9. The predicted octanol–water partition coefficient (Wildman–Crippen LogP) is 3.35. The second kappa shape index (κ2) is 6.72. The maximum Gasteiger partial charge on any atom is 0.178 e. The first-order valence-corrected chi connectivity index (χ1v) is 8.86. The van der Waals surface area contributed by atoms with Gasteiger partial charge in [-0.05, 0) is 48.4 Å². The molecule has 0 saturated carbocycles. The first-order valence-electron chi connectivity index (χ1n) is 7.21. The second-order valence-electron chi connectivity index (χ2n) is 6.51. The molecule has 20 heavy (non-hydrogen) atoms. The number of hydrogen-bond acceptors (Lipinski definition) is 3. The second-order valence-corrected chi connectivity index (χ2v) is 8.62. The fourth-order valence-corrected chi connectivity index (χ4v) is 3.33. The summed E-state index contributed by atoms with van der Waals surface area (Å²) in [5.41, 5.74) is 6.83. The third-order valence-electron chi connectivity index (χ3n) is 3.73. The molecular weight excluding hydrogens is 270 g/mol. The van der Waals surface area contributed by atoms with Crippen molar-refractivity contribution in [1.82, 2.24) is 0 Å². The lowest BCUT2D eigenvalue weighted by Gasteiger charge is -2.21. The predicted molar refractivity (Wildman–Crippen MR) is 84.7 cm³/mol. The molecule has 0 aliphatic heterocycles. The molecule has 4 heteroatoms. The Labute approximate surface area is 123 Å². The summed E-state index contributed by atoms with van der Waals surface area (Å²) in [6, 6.07) is 7.25. The van der Waals surface area contributed by atoms with Crippen molar-refractivity contribution in [3.05, 3.63) is 29.8 Å². The van der Waals surface area contributed by atoms with E-state index in [9.17, 15) is 8.42 Å². The fourth-order valence-electron chi connectivity index (χ4n) is 2.02. The molecule has 1 rings (SSSR count). The molecule has 3 nitrogen and oxygen atoms in total. The molecule has 0 radical (unpaired) electrons. The molecule has 2 N–H and O–H groups in total. The molecule has 114 valence electrons. The molecule has 0 aromatic heterocycles. The van der Waals surface area contributed by atoms with Crippen LogP contribution in [0.2, 0.25) is 0 Å². The number of hydrogen-bond donors (Lipinski definition) is 1. The van der Waals surface area contributed by atoms with Crippen molar-refractivity contribution in [2.75, 3.05) is 12.3 Å². The van der Waals surface area contributed by atoms with Gasteiger partial charge in [0, 0.05) is 0 Å². The van der Waals surface area contributed by atoms with Crippen molar-refractivity contribution < 1.29 is 8.42 Å². The van der Waals surface area contributed by atoms with Gasteiger partial charge in [0.25, 0.3) is 0 Å². The number of nitrogens with two attached hydrogens (primary N) is 1. The van der Waals surface area contributed by atoms with E-state index in [-0.39, 0.29) is 11.2 Å². The minimum Gasteiger partial charge on any atom is -0.330 e. The van der Waals surface area contributed by atoms with Gasteiger partial charge in [-0.15, -0.1) is 0 Å². The monoisotopic (exact) mass is 297 g/mol. The van der Waals surface area contributed by atoms with Crippen molar-refractivity contribution in [2.24, 2.45) is 11.1 Å². The molecule has 0 unspecified atom stereocenters. The van der Waals surface area contributed by atoms with Crippen molar-refractivity contribution in [3.63, 3.8) is 0 Å². The van der Waals surface area contributed by atoms with Crippen LogP contribution in [0.15, 0.2) is 29.2 Å². The van der Waals surface area contributed by atoms with E-state index in [1.807, 2.05) is 12.1 Å². The molecule has 0 aliphatic rings. The van der Waals surface area contributed by atoms with Gasteiger partial charge in [0.2, 0.25) is 0 Å². The Balaban J connectivity index is 2.69. The summed E-state index contributed by atoms with van der Waals surface area (Å²) in [5.74, 6) is 0.606. The van der Waals surface area contributed by atoms with E-state index in [1.165, 1.54) is 0 Å². The quantitative estimate of drug-likeness (QED) is 0.839. The molecule has 1 aromatic rings. The molecule has 0 bridgehead atoms. The minimum atomic E-state index is -3.17. The smallest absolute Gasteiger partial charge is 0.178 e. The minimum absolute atomic E-state index is 0.0109. The van der Waals surface area contributed by atoms with Crippen molar-refractivity contribution in [1.29, 1.82) is 0 Å². The summed E-state index contributed by atoms with van der Waals surface area (Å²) in [5, 5.41) is 0. The van der Waals surface area contributed by atoms with Crippen LogP contribution in [-0.2, 0) is 9.84 Å². The van der Waals surface area contributed by atoms with Crippen molar-refractivity contribution in [2.45, 2.75) is 51.3 Å². The van der Waals surface area contributed by atoms with Crippen LogP contribution in [0.3, 0.4) is 0 Å². The van der Waals surface area contributed by atoms with Crippen LogP contribution in [0.1, 0.15) is 52.0 Å². The van der Waals surface area contributed by atoms with Crippen LogP contribution in [0.5, 0.6) is 0 Å². The highest BCUT2D eigenvalue weighted by atomic mass is 32.2. The summed E-state index contributed by atoms with van der Waals surface area (Å²) in [6.07, 6.45) is 1.48. The largest absolute Gasteiger partial charge is 0.330 e. The Bertz CT molecular complexity index is 516. The van der Waals surface area contributed by atoms with Crippen LogP contribution in [-0.4, -0.2) is 20.7 Å². The van der Waals surface area contributed by atoms with Crippen LogP contribution < -0.4 is 5.73 Å². The number of rotatable bonds is 7. The van der Waals surface area contributed by atoms with Crippen LogP contribution in [0.25, 0.3) is 0 Å². The van der Waals surface area contributed by atoms with E-state index in [4.69, 9.17) is 5.73 Å². The Kier molecular flexibility index (Phi) is 5.78. The van der Waals surface area contributed by atoms with Gasteiger partial charge in [0.15, 0.2) is 9.84 Å².